The second-order valence-corrected chi connectivity index (χ2v) is 4.94. The zero-order valence-corrected chi connectivity index (χ0v) is 12.0. The first-order valence-corrected chi connectivity index (χ1v) is 6.85. The Morgan fingerprint density at radius 2 is 2.05 bits per heavy atom. The molecule has 7 heteroatoms. The summed E-state index contributed by atoms with van der Waals surface area (Å²) in [5, 5.41) is 11.1. The predicted octanol–water partition coefficient (Wildman–Crippen LogP) is 1.18. The van der Waals surface area contributed by atoms with E-state index in [2.05, 4.69) is 4.90 Å². The molecule has 114 valence electrons. The Morgan fingerprint density at radius 3 is 2.62 bits per heavy atom. The number of methoxy groups -OCH3 is 1. The lowest BCUT2D eigenvalue weighted by Crippen LogP contribution is -2.47. The maximum atomic E-state index is 11.1. The molecule has 0 aromatic heterocycles. The number of hydrogen-bond donors (Lipinski definition) is 0. The van der Waals surface area contributed by atoms with E-state index in [1.54, 1.807) is 13.2 Å². The molecule has 1 aromatic rings. The zero-order valence-electron chi connectivity index (χ0n) is 12.0. The maximum absolute atomic E-state index is 11.1. The number of ether oxygens (including phenoxy) is 1. The van der Waals surface area contributed by atoms with Gasteiger partial charge in [0.2, 0.25) is 0 Å². The molecule has 0 bridgehead atoms. The van der Waals surface area contributed by atoms with Gasteiger partial charge in [-0.05, 0) is 12.1 Å². The summed E-state index contributed by atoms with van der Waals surface area (Å²) in [5.74, 6) is 0. The van der Waals surface area contributed by atoms with Crippen molar-refractivity contribution >= 4 is 17.7 Å². The van der Waals surface area contributed by atoms with Crippen molar-refractivity contribution in [2.45, 2.75) is 0 Å². The van der Waals surface area contributed by atoms with E-state index in [1.807, 2.05) is 4.90 Å². The van der Waals surface area contributed by atoms with Gasteiger partial charge in [-0.1, -0.05) is 0 Å². The number of rotatable bonds is 6. The van der Waals surface area contributed by atoms with Crippen LogP contribution in [-0.4, -0.2) is 62.5 Å². The second kappa shape index (κ2) is 7.14. The Morgan fingerprint density at radius 1 is 1.33 bits per heavy atom. The number of nitro groups is 1. The smallest absolute Gasteiger partial charge is 0.292 e. The number of benzene rings is 1. The third-order valence-electron chi connectivity index (χ3n) is 3.66. The minimum Gasteiger partial charge on any atom is -0.383 e. The Labute approximate surface area is 123 Å². The first-order chi connectivity index (χ1) is 10.2. The average Bonchev–Trinajstić information content (AvgIpc) is 2.52. The number of anilines is 1. The highest BCUT2D eigenvalue weighted by atomic mass is 16.6. The molecule has 0 aliphatic carbocycles. The largest absolute Gasteiger partial charge is 0.383 e. The first kappa shape index (κ1) is 15.4. The Hall–Kier alpha value is -1.99. The molecule has 0 spiro atoms. The van der Waals surface area contributed by atoms with Crippen LogP contribution in [0.15, 0.2) is 18.2 Å². The van der Waals surface area contributed by atoms with Crippen LogP contribution in [0.1, 0.15) is 10.4 Å². The Kier molecular flexibility index (Phi) is 5.24. The zero-order chi connectivity index (χ0) is 15.2. The van der Waals surface area contributed by atoms with Crippen LogP contribution in [0.4, 0.5) is 11.4 Å². The van der Waals surface area contributed by atoms with E-state index in [0.29, 0.717) is 37.2 Å². The molecule has 0 N–H and O–H groups in total. The molecule has 1 fully saturated rings. The van der Waals surface area contributed by atoms with Crippen LogP contribution in [0.2, 0.25) is 0 Å². The topological polar surface area (TPSA) is 75.9 Å². The van der Waals surface area contributed by atoms with Crippen LogP contribution >= 0.6 is 0 Å². The number of aldehydes is 1. The monoisotopic (exact) mass is 293 g/mol. The van der Waals surface area contributed by atoms with Gasteiger partial charge in [0.25, 0.3) is 5.69 Å². The third-order valence-corrected chi connectivity index (χ3v) is 3.66. The summed E-state index contributed by atoms with van der Waals surface area (Å²) in [6.45, 7) is 4.60. The first-order valence-electron chi connectivity index (χ1n) is 6.85. The lowest BCUT2D eigenvalue weighted by molar-refractivity contribution is -0.384. The van der Waals surface area contributed by atoms with Crippen molar-refractivity contribution in [1.82, 2.24) is 4.90 Å². The molecule has 1 aliphatic rings. The molecule has 1 saturated heterocycles. The van der Waals surface area contributed by atoms with Gasteiger partial charge in [0.15, 0.2) is 0 Å². The van der Waals surface area contributed by atoms with E-state index in [1.165, 1.54) is 12.1 Å². The number of hydrogen-bond acceptors (Lipinski definition) is 6. The van der Waals surface area contributed by atoms with Gasteiger partial charge < -0.3 is 9.64 Å². The van der Waals surface area contributed by atoms with E-state index in [4.69, 9.17) is 4.74 Å². The SMILES string of the molecule is COCCN1CCN(c2cc(C=O)ccc2[N+](=O)[O-])CC1. The van der Waals surface area contributed by atoms with Crippen LogP contribution in [0.25, 0.3) is 0 Å². The van der Waals surface area contributed by atoms with Gasteiger partial charge in [-0.15, -0.1) is 0 Å². The average molecular weight is 293 g/mol. The van der Waals surface area contributed by atoms with Crippen LogP contribution in [0, 0.1) is 10.1 Å². The third kappa shape index (κ3) is 3.77. The summed E-state index contributed by atoms with van der Waals surface area (Å²) in [6.07, 6.45) is 0.710. The van der Waals surface area contributed by atoms with Crippen molar-refractivity contribution in [2.75, 3.05) is 51.3 Å². The van der Waals surface area contributed by atoms with Gasteiger partial charge >= 0.3 is 0 Å². The standard InChI is InChI=1S/C14H19N3O4/c1-21-9-8-15-4-6-16(7-5-15)14-10-12(11-18)2-3-13(14)17(19)20/h2-3,10-11H,4-9H2,1H3. The second-order valence-electron chi connectivity index (χ2n) is 4.94. The fourth-order valence-corrected chi connectivity index (χ4v) is 2.45. The normalized spacial score (nSPS) is 16.0. The number of carbonyl (C=O) groups excluding carboxylic acids is 1. The quantitative estimate of drug-likeness (QED) is 0.445. The van der Waals surface area contributed by atoms with E-state index in [9.17, 15) is 14.9 Å². The van der Waals surface area contributed by atoms with Gasteiger partial charge in [-0.25, -0.2) is 0 Å². The van der Waals surface area contributed by atoms with Crippen LogP contribution in [0.5, 0.6) is 0 Å². The molecular weight excluding hydrogens is 274 g/mol. The van der Waals surface area contributed by atoms with Crippen molar-refractivity contribution in [2.24, 2.45) is 0 Å². The molecule has 0 amide bonds. The summed E-state index contributed by atoms with van der Waals surface area (Å²) in [6, 6.07) is 4.47. The van der Waals surface area contributed by atoms with Crippen LogP contribution in [-0.2, 0) is 4.74 Å². The van der Waals surface area contributed by atoms with Crippen molar-refractivity contribution in [3.63, 3.8) is 0 Å². The minimum absolute atomic E-state index is 0.0472. The molecule has 0 unspecified atom stereocenters. The number of nitro benzene ring substituents is 1. The molecule has 7 nitrogen and oxygen atoms in total. The fraction of sp³-hybridized carbons (Fsp3) is 0.500. The van der Waals surface area contributed by atoms with Crippen molar-refractivity contribution in [3.8, 4) is 0 Å². The number of carbonyl (C=O) groups is 1. The fourth-order valence-electron chi connectivity index (χ4n) is 2.45. The van der Waals surface area contributed by atoms with Gasteiger partial charge in [0.05, 0.1) is 11.5 Å². The summed E-state index contributed by atoms with van der Waals surface area (Å²) in [4.78, 5) is 25.8. The van der Waals surface area contributed by atoms with E-state index in [-0.39, 0.29) is 5.69 Å². The molecule has 0 saturated carbocycles. The number of nitrogens with zero attached hydrogens (tertiary/aromatic N) is 3. The molecule has 0 atom stereocenters. The summed E-state index contributed by atoms with van der Waals surface area (Å²) in [5.41, 5.74) is 1.03. The van der Waals surface area contributed by atoms with Crippen molar-refractivity contribution in [1.29, 1.82) is 0 Å². The molecule has 0 radical (unpaired) electrons. The van der Waals surface area contributed by atoms with Crippen LogP contribution < -0.4 is 4.90 Å². The molecular formula is C14H19N3O4. The highest BCUT2D eigenvalue weighted by Crippen LogP contribution is 2.29. The highest BCUT2D eigenvalue weighted by molar-refractivity contribution is 5.80. The van der Waals surface area contributed by atoms with Crippen LogP contribution in [0.3, 0.4) is 0 Å². The Balaban J connectivity index is 2.11. The molecule has 1 aromatic carbocycles. The summed E-state index contributed by atoms with van der Waals surface area (Å²) >= 11 is 0. The van der Waals surface area contributed by atoms with Crippen molar-refractivity contribution in [3.05, 3.63) is 33.9 Å². The van der Waals surface area contributed by atoms with E-state index in [0.717, 1.165) is 19.6 Å². The van der Waals surface area contributed by atoms with E-state index < -0.39 is 4.92 Å². The lowest BCUT2D eigenvalue weighted by atomic mass is 10.1. The van der Waals surface area contributed by atoms with Gasteiger partial charge in [0.1, 0.15) is 12.0 Å². The highest BCUT2D eigenvalue weighted by Gasteiger charge is 2.23. The lowest BCUT2D eigenvalue weighted by Gasteiger charge is -2.35. The summed E-state index contributed by atoms with van der Waals surface area (Å²) in [7, 11) is 1.67. The molecule has 21 heavy (non-hydrogen) atoms. The molecule has 1 heterocycles. The van der Waals surface area contributed by atoms with Gasteiger partial charge in [-0.2, -0.15) is 0 Å². The van der Waals surface area contributed by atoms with Crippen molar-refractivity contribution < 1.29 is 14.5 Å². The summed E-state index contributed by atoms with van der Waals surface area (Å²) < 4.78 is 5.05. The maximum Gasteiger partial charge on any atom is 0.292 e. The molecule has 1 aliphatic heterocycles. The Bertz CT molecular complexity index is 513. The van der Waals surface area contributed by atoms with E-state index >= 15 is 0 Å². The van der Waals surface area contributed by atoms with Gasteiger partial charge in [0, 0.05) is 51.5 Å². The van der Waals surface area contributed by atoms with Gasteiger partial charge in [-0.3, -0.25) is 19.8 Å². The number of piperazine rings is 1. The molecule has 2 rings (SSSR count). The minimum atomic E-state index is -0.402. The predicted molar refractivity (Wildman–Crippen MR) is 79.0 cm³/mol.